The number of Topliss-reactive ketones (excluding diaryl/α,β-unsaturated/α-hetero) is 1. The summed E-state index contributed by atoms with van der Waals surface area (Å²) >= 11 is 5.81. The fourth-order valence-corrected chi connectivity index (χ4v) is 2.85. The van der Waals surface area contributed by atoms with Crippen LogP contribution in [0.15, 0.2) is 42.9 Å². The third kappa shape index (κ3) is 4.76. The first-order chi connectivity index (χ1) is 12.1. The van der Waals surface area contributed by atoms with Crippen molar-refractivity contribution in [3.8, 4) is 5.88 Å². The molecule has 1 fully saturated rings. The average Bonchev–Trinajstić information content (AvgIpc) is 3.09. The second kappa shape index (κ2) is 8.07. The number of aromatic nitrogens is 2. The zero-order chi connectivity index (χ0) is 17.6. The van der Waals surface area contributed by atoms with Gasteiger partial charge < -0.3 is 9.64 Å². The van der Waals surface area contributed by atoms with Gasteiger partial charge in [-0.05, 0) is 24.3 Å². The summed E-state index contributed by atoms with van der Waals surface area (Å²) in [7, 11) is 0. The molecule has 0 N–H and O–H groups in total. The van der Waals surface area contributed by atoms with Gasteiger partial charge in [0.05, 0.1) is 12.7 Å². The highest BCUT2D eigenvalue weighted by molar-refractivity contribution is 6.30. The Morgan fingerprint density at radius 3 is 2.72 bits per heavy atom. The lowest BCUT2D eigenvalue weighted by atomic mass is 10.1. The maximum atomic E-state index is 12.3. The van der Waals surface area contributed by atoms with Crippen molar-refractivity contribution < 1.29 is 14.3 Å². The highest BCUT2D eigenvalue weighted by Gasteiger charge is 2.28. The number of likely N-dealkylation sites (tertiary alicyclic amines) is 1. The van der Waals surface area contributed by atoms with E-state index in [0.717, 1.165) is 6.42 Å². The molecule has 1 aromatic heterocycles. The molecule has 0 spiro atoms. The van der Waals surface area contributed by atoms with Gasteiger partial charge in [-0.15, -0.1) is 0 Å². The van der Waals surface area contributed by atoms with E-state index in [0.29, 0.717) is 29.6 Å². The molecule has 2 heterocycles. The highest BCUT2D eigenvalue weighted by atomic mass is 35.5. The summed E-state index contributed by atoms with van der Waals surface area (Å²) in [5.74, 6) is 0.365. The van der Waals surface area contributed by atoms with E-state index in [2.05, 4.69) is 9.97 Å². The molecule has 1 aromatic carbocycles. The van der Waals surface area contributed by atoms with E-state index in [9.17, 15) is 9.59 Å². The SMILES string of the molecule is O=C(CCC(=O)N1CCC(Oc2cnccn2)C1)c1ccc(Cl)cc1. The molecule has 1 unspecified atom stereocenters. The van der Waals surface area contributed by atoms with E-state index >= 15 is 0 Å². The number of ketones is 1. The average molecular weight is 360 g/mol. The van der Waals surface area contributed by atoms with Crippen molar-refractivity contribution in [1.29, 1.82) is 0 Å². The lowest BCUT2D eigenvalue weighted by molar-refractivity contribution is -0.130. The van der Waals surface area contributed by atoms with Crippen molar-refractivity contribution in [2.45, 2.75) is 25.4 Å². The Bertz CT molecular complexity index is 737. The van der Waals surface area contributed by atoms with Crippen molar-refractivity contribution in [2.24, 2.45) is 0 Å². The molecule has 2 aromatic rings. The standard InChI is InChI=1S/C18H18ClN3O3/c19-14-3-1-13(2-4-14)16(23)5-6-18(24)22-10-7-15(12-22)25-17-11-20-8-9-21-17/h1-4,8-9,11,15H,5-7,10,12H2. The first kappa shape index (κ1) is 17.4. The number of hydrogen-bond acceptors (Lipinski definition) is 5. The van der Waals surface area contributed by atoms with Gasteiger partial charge in [0.15, 0.2) is 5.78 Å². The summed E-state index contributed by atoms with van der Waals surface area (Å²) < 4.78 is 5.71. The molecule has 1 atom stereocenters. The predicted molar refractivity (Wildman–Crippen MR) is 92.7 cm³/mol. The van der Waals surface area contributed by atoms with Crippen molar-refractivity contribution >= 4 is 23.3 Å². The van der Waals surface area contributed by atoms with E-state index in [1.165, 1.54) is 0 Å². The number of halogens is 1. The molecular weight excluding hydrogens is 342 g/mol. The summed E-state index contributed by atoms with van der Waals surface area (Å²) in [6, 6.07) is 6.70. The molecule has 1 amide bonds. The summed E-state index contributed by atoms with van der Waals surface area (Å²) in [6.07, 6.45) is 5.73. The smallest absolute Gasteiger partial charge is 0.232 e. The molecule has 0 bridgehead atoms. The Labute approximate surface area is 150 Å². The number of nitrogens with zero attached hydrogens (tertiary/aromatic N) is 3. The predicted octanol–water partition coefficient (Wildman–Crippen LogP) is 2.77. The number of carbonyl (C=O) groups excluding carboxylic acids is 2. The minimum atomic E-state index is -0.0902. The Morgan fingerprint density at radius 2 is 2.00 bits per heavy atom. The number of benzene rings is 1. The van der Waals surface area contributed by atoms with Crippen molar-refractivity contribution in [3.05, 3.63) is 53.4 Å². The number of amides is 1. The van der Waals surface area contributed by atoms with Crippen LogP contribution in [0.1, 0.15) is 29.6 Å². The summed E-state index contributed by atoms with van der Waals surface area (Å²) in [5.41, 5.74) is 0.572. The van der Waals surface area contributed by atoms with Gasteiger partial charge in [0, 0.05) is 48.8 Å². The van der Waals surface area contributed by atoms with Crippen LogP contribution in [0.3, 0.4) is 0 Å². The third-order valence-electron chi connectivity index (χ3n) is 4.06. The quantitative estimate of drug-likeness (QED) is 0.741. The summed E-state index contributed by atoms with van der Waals surface area (Å²) in [5, 5.41) is 0.582. The van der Waals surface area contributed by atoms with Crippen LogP contribution in [0.25, 0.3) is 0 Å². The minimum absolute atomic E-state index is 0.0347. The Morgan fingerprint density at radius 1 is 1.20 bits per heavy atom. The van der Waals surface area contributed by atoms with Gasteiger partial charge in [0.2, 0.25) is 11.8 Å². The van der Waals surface area contributed by atoms with Crippen molar-refractivity contribution in [1.82, 2.24) is 14.9 Å². The Hall–Kier alpha value is -2.47. The lowest BCUT2D eigenvalue weighted by Crippen LogP contribution is -2.31. The second-order valence-corrected chi connectivity index (χ2v) is 6.28. The topological polar surface area (TPSA) is 72.4 Å². The summed E-state index contributed by atoms with van der Waals surface area (Å²) in [4.78, 5) is 34.2. The molecule has 1 aliphatic heterocycles. The van der Waals surface area contributed by atoms with Crippen LogP contribution in [0.5, 0.6) is 5.88 Å². The van der Waals surface area contributed by atoms with Gasteiger partial charge in [0.25, 0.3) is 0 Å². The lowest BCUT2D eigenvalue weighted by Gasteiger charge is -2.16. The fourth-order valence-electron chi connectivity index (χ4n) is 2.73. The maximum Gasteiger partial charge on any atom is 0.232 e. The molecule has 6 nitrogen and oxygen atoms in total. The van der Waals surface area contributed by atoms with E-state index in [4.69, 9.17) is 16.3 Å². The van der Waals surface area contributed by atoms with E-state index in [1.54, 1.807) is 47.8 Å². The van der Waals surface area contributed by atoms with Crippen LogP contribution in [0.4, 0.5) is 0 Å². The molecule has 1 saturated heterocycles. The molecule has 3 rings (SSSR count). The first-order valence-electron chi connectivity index (χ1n) is 8.11. The van der Waals surface area contributed by atoms with E-state index < -0.39 is 0 Å². The van der Waals surface area contributed by atoms with Gasteiger partial charge in [-0.1, -0.05) is 11.6 Å². The molecule has 25 heavy (non-hydrogen) atoms. The zero-order valence-electron chi connectivity index (χ0n) is 13.6. The van der Waals surface area contributed by atoms with Crippen LogP contribution in [0.2, 0.25) is 5.02 Å². The zero-order valence-corrected chi connectivity index (χ0v) is 14.4. The molecule has 130 valence electrons. The van der Waals surface area contributed by atoms with Gasteiger partial charge in [-0.25, -0.2) is 4.98 Å². The molecule has 7 heteroatoms. The van der Waals surface area contributed by atoms with Crippen LogP contribution < -0.4 is 4.74 Å². The maximum absolute atomic E-state index is 12.3. The third-order valence-corrected chi connectivity index (χ3v) is 4.31. The minimum Gasteiger partial charge on any atom is -0.471 e. The number of hydrogen-bond donors (Lipinski definition) is 0. The van der Waals surface area contributed by atoms with Crippen LogP contribution in [0, 0.1) is 0 Å². The second-order valence-electron chi connectivity index (χ2n) is 5.84. The van der Waals surface area contributed by atoms with Crippen LogP contribution >= 0.6 is 11.6 Å². The highest BCUT2D eigenvalue weighted by Crippen LogP contribution is 2.17. The fraction of sp³-hybridized carbons (Fsp3) is 0.333. The van der Waals surface area contributed by atoms with E-state index in [1.807, 2.05) is 0 Å². The van der Waals surface area contributed by atoms with E-state index in [-0.39, 0.29) is 30.6 Å². The first-order valence-corrected chi connectivity index (χ1v) is 8.49. The molecular formula is C18H18ClN3O3. The normalized spacial score (nSPS) is 16.7. The Kier molecular flexibility index (Phi) is 5.60. The number of ether oxygens (including phenoxy) is 1. The number of carbonyl (C=O) groups is 2. The van der Waals surface area contributed by atoms with Gasteiger partial charge >= 0.3 is 0 Å². The molecule has 0 aliphatic carbocycles. The molecule has 0 radical (unpaired) electrons. The van der Waals surface area contributed by atoms with Crippen LogP contribution in [-0.2, 0) is 4.79 Å². The van der Waals surface area contributed by atoms with Crippen molar-refractivity contribution in [3.63, 3.8) is 0 Å². The molecule has 0 saturated carbocycles. The van der Waals surface area contributed by atoms with Gasteiger partial charge in [0.1, 0.15) is 6.10 Å². The van der Waals surface area contributed by atoms with Gasteiger partial charge in [-0.3, -0.25) is 14.6 Å². The summed E-state index contributed by atoms with van der Waals surface area (Å²) in [6.45, 7) is 1.13. The Balaban J connectivity index is 1.46. The van der Waals surface area contributed by atoms with Crippen molar-refractivity contribution in [2.75, 3.05) is 13.1 Å². The van der Waals surface area contributed by atoms with Crippen LogP contribution in [-0.4, -0.2) is 45.8 Å². The van der Waals surface area contributed by atoms with Gasteiger partial charge in [-0.2, -0.15) is 0 Å². The largest absolute Gasteiger partial charge is 0.471 e. The molecule has 1 aliphatic rings. The number of rotatable bonds is 6. The monoisotopic (exact) mass is 359 g/mol.